The second-order valence-electron chi connectivity index (χ2n) is 3.71. The third kappa shape index (κ3) is 7.60. The number of amides is 1. The lowest BCUT2D eigenvalue weighted by atomic mass is 10.3. The Morgan fingerprint density at radius 3 is 2.59 bits per heavy atom. The molecule has 0 saturated carbocycles. The maximum atomic E-state index is 11.3. The van der Waals surface area contributed by atoms with Crippen molar-refractivity contribution < 1.29 is 9.90 Å². The van der Waals surface area contributed by atoms with Gasteiger partial charge >= 0.3 is 0 Å². The molecule has 1 atom stereocenters. The van der Waals surface area contributed by atoms with E-state index in [1.54, 1.807) is 6.92 Å². The van der Waals surface area contributed by atoms with E-state index in [1.807, 2.05) is 30.3 Å². The molecule has 0 saturated heterocycles. The highest BCUT2D eigenvalue weighted by molar-refractivity contribution is 5.85. The fourth-order valence-corrected chi connectivity index (χ4v) is 1.22. The first-order chi connectivity index (χ1) is 7.68. The van der Waals surface area contributed by atoms with E-state index in [-0.39, 0.29) is 31.0 Å². The Labute approximate surface area is 108 Å². The summed E-state index contributed by atoms with van der Waals surface area (Å²) in [7, 11) is 0. The Morgan fingerprint density at radius 1 is 1.35 bits per heavy atom. The van der Waals surface area contributed by atoms with Crippen LogP contribution < -0.4 is 10.6 Å². The Kier molecular flexibility index (Phi) is 8.19. The maximum Gasteiger partial charge on any atom is 0.239 e. The van der Waals surface area contributed by atoms with E-state index in [2.05, 4.69) is 10.6 Å². The number of benzene rings is 1. The number of aliphatic hydroxyl groups excluding tert-OH is 1. The highest BCUT2D eigenvalue weighted by Gasteiger charge is 2.01. The first kappa shape index (κ1) is 15.7. The Hall–Kier alpha value is -1.26. The van der Waals surface area contributed by atoms with Gasteiger partial charge in [-0.3, -0.25) is 4.79 Å². The zero-order valence-corrected chi connectivity index (χ0v) is 10.7. The van der Waals surface area contributed by atoms with Gasteiger partial charge < -0.3 is 15.7 Å². The van der Waals surface area contributed by atoms with Crippen LogP contribution in [0.5, 0.6) is 0 Å². The topological polar surface area (TPSA) is 61.4 Å². The zero-order valence-electron chi connectivity index (χ0n) is 9.85. The third-order valence-corrected chi connectivity index (χ3v) is 2.11. The highest BCUT2D eigenvalue weighted by Crippen LogP contribution is 2.03. The van der Waals surface area contributed by atoms with Gasteiger partial charge in [-0.25, -0.2) is 0 Å². The number of aliphatic hydroxyl groups is 1. The predicted molar refractivity (Wildman–Crippen MR) is 71.5 cm³/mol. The van der Waals surface area contributed by atoms with Crippen molar-refractivity contribution in [3.8, 4) is 0 Å². The first-order valence-electron chi connectivity index (χ1n) is 5.42. The lowest BCUT2D eigenvalue weighted by Gasteiger charge is -2.08. The van der Waals surface area contributed by atoms with Crippen molar-refractivity contribution in [1.29, 1.82) is 0 Å². The standard InChI is InChI=1S/C12H18N2O2.ClH/c1-10(15)7-8-13-12(16)9-14-11-5-3-2-4-6-11;/h2-6,10,14-15H,7-9H2,1H3,(H,13,16);1H. The molecular weight excluding hydrogens is 240 g/mol. The molecule has 1 unspecified atom stereocenters. The number of carbonyl (C=O) groups is 1. The number of para-hydroxylation sites is 1. The molecule has 0 aromatic heterocycles. The van der Waals surface area contributed by atoms with Gasteiger partial charge in [-0.2, -0.15) is 0 Å². The molecule has 0 radical (unpaired) electrons. The Morgan fingerprint density at radius 2 is 2.00 bits per heavy atom. The van der Waals surface area contributed by atoms with Crippen molar-refractivity contribution in [3.05, 3.63) is 30.3 Å². The molecular formula is C12H19ClN2O2. The molecule has 0 spiro atoms. The minimum Gasteiger partial charge on any atom is -0.393 e. The van der Waals surface area contributed by atoms with Crippen LogP contribution in [0.4, 0.5) is 5.69 Å². The van der Waals surface area contributed by atoms with Gasteiger partial charge in [0.1, 0.15) is 0 Å². The minimum atomic E-state index is -0.373. The van der Waals surface area contributed by atoms with Gasteiger partial charge in [0.25, 0.3) is 0 Å². The monoisotopic (exact) mass is 258 g/mol. The zero-order chi connectivity index (χ0) is 11.8. The van der Waals surface area contributed by atoms with Crippen molar-refractivity contribution in [2.24, 2.45) is 0 Å². The molecule has 17 heavy (non-hydrogen) atoms. The number of anilines is 1. The molecule has 0 fully saturated rings. The quantitative estimate of drug-likeness (QED) is 0.723. The van der Waals surface area contributed by atoms with Crippen LogP contribution in [0.3, 0.4) is 0 Å². The van der Waals surface area contributed by atoms with Gasteiger partial charge in [-0.05, 0) is 25.5 Å². The number of hydrogen-bond donors (Lipinski definition) is 3. The summed E-state index contributed by atoms with van der Waals surface area (Å²) < 4.78 is 0. The summed E-state index contributed by atoms with van der Waals surface area (Å²) in [6, 6.07) is 9.56. The van der Waals surface area contributed by atoms with Gasteiger partial charge in [0.15, 0.2) is 0 Å². The van der Waals surface area contributed by atoms with Gasteiger partial charge in [0.05, 0.1) is 12.6 Å². The molecule has 1 aromatic carbocycles. The van der Waals surface area contributed by atoms with Crippen molar-refractivity contribution in [1.82, 2.24) is 5.32 Å². The van der Waals surface area contributed by atoms with Gasteiger partial charge in [-0.1, -0.05) is 18.2 Å². The summed E-state index contributed by atoms with van der Waals surface area (Å²) in [5.74, 6) is -0.0653. The highest BCUT2D eigenvalue weighted by atomic mass is 35.5. The van der Waals surface area contributed by atoms with E-state index in [1.165, 1.54) is 0 Å². The average Bonchev–Trinajstić information content (AvgIpc) is 2.27. The molecule has 1 aromatic rings. The molecule has 4 nitrogen and oxygen atoms in total. The second-order valence-corrected chi connectivity index (χ2v) is 3.71. The summed E-state index contributed by atoms with van der Waals surface area (Å²) in [5.41, 5.74) is 0.924. The van der Waals surface area contributed by atoms with Gasteiger partial charge in [0, 0.05) is 12.2 Å². The van der Waals surface area contributed by atoms with E-state index in [4.69, 9.17) is 5.11 Å². The lowest BCUT2D eigenvalue weighted by Crippen LogP contribution is -2.31. The number of carbonyl (C=O) groups excluding carboxylic acids is 1. The van der Waals surface area contributed by atoms with Crippen molar-refractivity contribution in [2.75, 3.05) is 18.4 Å². The number of nitrogens with one attached hydrogen (secondary N) is 2. The molecule has 1 rings (SSSR count). The SMILES string of the molecule is CC(O)CCNC(=O)CNc1ccccc1.Cl. The molecule has 3 N–H and O–H groups in total. The fraction of sp³-hybridized carbons (Fsp3) is 0.417. The van der Waals surface area contributed by atoms with Crippen LogP contribution in [0.1, 0.15) is 13.3 Å². The van der Waals surface area contributed by atoms with E-state index in [0.29, 0.717) is 13.0 Å². The number of halogens is 1. The van der Waals surface area contributed by atoms with E-state index >= 15 is 0 Å². The third-order valence-electron chi connectivity index (χ3n) is 2.11. The molecule has 0 aliphatic rings. The Bertz CT molecular complexity index is 318. The van der Waals surface area contributed by atoms with Crippen molar-refractivity contribution in [2.45, 2.75) is 19.4 Å². The second kappa shape index (κ2) is 8.84. The summed E-state index contributed by atoms with van der Waals surface area (Å²) in [6.07, 6.45) is 0.208. The van der Waals surface area contributed by atoms with Crippen LogP contribution >= 0.6 is 12.4 Å². The molecule has 0 bridgehead atoms. The number of hydrogen-bond acceptors (Lipinski definition) is 3. The average molecular weight is 259 g/mol. The van der Waals surface area contributed by atoms with Crippen LogP contribution in [0.25, 0.3) is 0 Å². The normalized spacial score (nSPS) is 11.2. The number of rotatable bonds is 6. The van der Waals surface area contributed by atoms with Crippen molar-refractivity contribution >= 4 is 24.0 Å². The molecule has 1 amide bonds. The molecule has 5 heteroatoms. The van der Waals surface area contributed by atoms with E-state index in [0.717, 1.165) is 5.69 Å². The molecule has 0 aliphatic carbocycles. The van der Waals surface area contributed by atoms with Crippen LogP contribution in [0.2, 0.25) is 0 Å². The maximum absolute atomic E-state index is 11.3. The first-order valence-corrected chi connectivity index (χ1v) is 5.42. The summed E-state index contributed by atoms with van der Waals surface area (Å²) in [4.78, 5) is 11.3. The molecule has 96 valence electrons. The van der Waals surface area contributed by atoms with E-state index < -0.39 is 0 Å². The van der Waals surface area contributed by atoms with Crippen LogP contribution in [-0.2, 0) is 4.79 Å². The van der Waals surface area contributed by atoms with Crippen LogP contribution in [0.15, 0.2) is 30.3 Å². The summed E-state index contributed by atoms with van der Waals surface area (Å²) in [5, 5.41) is 14.7. The van der Waals surface area contributed by atoms with Gasteiger partial charge in [-0.15, -0.1) is 12.4 Å². The fourth-order valence-electron chi connectivity index (χ4n) is 1.22. The summed E-state index contributed by atoms with van der Waals surface area (Å²) >= 11 is 0. The van der Waals surface area contributed by atoms with Crippen LogP contribution in [-0.4, -0.2) is 30.2 Å². The van der Waals surface area contributed by atoms with Gasteiger partial charge in [0.2, 0.25) is 5.91 Å². The lowest BCUT2D eigenvalue weighted by molar-refractivity contribution is -0.119. The smallest absolute Gasteiger partial charge is 0.239 e. The Balaban J connectivity index is 0.00000256. The van der Waals surface area contributed by atoms with Crippen molar-refractivity contribution in [3.63, 3.8) is 0 Å². The predicted octanol–water partition coefficient (Wildman–Crippen LogP) is 1.41. The molecule has 0 aliphatic heterocycles. The van der Waals surface area contributed by atoms with E-state index in [9.17, 15) is 4.79 Å². The minimum absolute atomic E-state index is 0. The van der Waals surface area contributed by atoms with Crippen LogP contribution in [0, 0.1) is 0 Å². The summed E-state index contributed by atoms with van der Waals surface area (Å²) in [6.45, 7) is 2.46. The largest absolute Gasteiger partial charge is 0.393 e. The molecule has 0 heterocycles.